The standard InChI is InChI=1S/C27H26N2O7S/c1-6-35-26(32)23-15(2)28-27-29(24(23)18-10-11-20(36-16(3)30)21(14-18)34-5)25(31)22(37-27)13-17-8-7-9-19(12-17)33-4/h7-14,24H,6H2,1-5H3/b22-13-. The number of hydrogen-bond donors (Lipinski definition) is 0. The summed E-state index contributed by atoms with van der Waals surface area (Å²) in [6, 6.07) is 11.4. The largest absolute Gasteiger partial charge is 0.497 e. The number of hydrogen-bond acceptors (Lipinski definition) is 9. The lowest BCUT2D eigenvalue weighted by atomic mass is 9.95. The molecule has 192 valence electrons. The first-order valence-corrected chi connectivity index (χ1v) is 12.3. The number of esters is 2. The maximum absolute atomic E-state index is 13.7. The molecular weight excluding hydrogens is 496 g/mol. The van der Waals surface area contributed by atoms with E-state index in [0.29, 0.717) is 26.3 Å². The van der Waals surface area contributed by atoms with Crippen LogP contribution in [0.5, 0.6) is 17.2 Å². The average Bonchev–Trinajstić information content (AvgIpc) is 3.17. The van der Waals surface area contributed by atoms with Crippen LogP contribution in [0.25, 0.3) is 6.08 Å². The number of benzene rings is 2. The van der Waals surface area contributed by atoms with Gasteiger partial charge in [-0.2, -0.15) is 0 Å². The SMILES string of the molecule is CCOC(=O)C1=C(C)N=c2s/c(=C\c3cccc(OC)c3)c(=O)n2C1c1ccc(OC(C)=O)c(OC)c1. The van der Waals surface area contributed by atoms with Crippen molar-refractivity contribution >= 4 is 29.4 Å². The van der Waals surface area contributed by atoms with Crippen molar-refractivity contribution < 1.29 is 28.5 Å². The molecule has 0 spiro atoms. The summed E-state index contributed by atoms with van der Waals surface area (Å²) in [7, 11) is 3.02. The number of fused-ring (bicyclic) bond motifs is 1. The number of aromatic nitrogens is 1. The number of carbonyl (C=O) groups excluding carboxylic acids is 2. The third-order valence-corrected chi connectivity index (χ3v) is 6.65. The van der Waals surface area contributed by atoms with Crippen LogP contribution in [0.4, 0.5) is 0 Å². The van der Waals surface area contributed by atoms with E-state index in [1.54, 1.807) is 45.2 Å². The first kappa shape index (κ1) is 25.9. The van der Waals surface area contributed by atoms with Gasteiger partial charge in [0, 0.05) is 6.92 Å². The van der Waals surface area contributed by atoms with Gasteiger partial charge in [-0.05, 0) is 55.3 Å². The molecule has 1 atom stereocenters. The van der Waals surface area contributed by atoms with E-state index in [2.05, 4.69) is 4.99 Å². The molecule has 0 aliphatic carbocycles. The van der Waals surface area contributed by atoms with Crippen LogP contribution < -0.4 is 29.1 Å². The minimum Gasteiger partial charge on any atom is -0.497 e. The second-order valence-corrected chi connectivity index (χ2v) is 9.09. The summed E-state index contributed by atoms with van der Waals surface area (Å²) >= 11 is 1.22. The number of nitrogens with zero attached hydrogens (tertiary/aromatic N) is 2. The topological polar surface area (TPSA) is 105 Å². The number of thiazole rings is 1. The molecule has 10 heteroatoms. The summed E-state index contributed by atoms with van der Waals surface area (Å²) in [6.07, 6.45) is 1.76. The summed E-state index contributed by atoms with van der Waals surface area (Å²) < 4.78 is 23.2. The first-order valence-electron chi connectivity index (χ1n) is 11.5. The molecular formula is C27H26N2O7S. The quantitative estimate of drug-likeness (QED) is 0.347. The Morgan fingerprint density at radius 3 is 2.57 bits per heavy atom. The van der Waals surface area contributed by atoms with Crippen molar-refractivity contribution in [2.24, 2.45) is 4.99 Å². The van der Waals surface area contributed by atoms with Crippen molar-refractivity contribution in [1.82, 2.24) is 4.57 Å². The van der Waals surface area contributed by atoms with Gasteiger partial charge in [-0.25, -0.2) is 9.79 Å². The molecule has 0 bridgehead atoms. The van der Waals surface area contributed by atoms with E-state index >= 15 is 0 Å². The summed E-state index contributed by atoms with van der Waals surface area (Å²) in [6.45, 7) is 4.88. The number of methoxy groups -OCH3 is 2. The van der Waals surface area contributed by atoms with Gasteiger partial charge in [-0.3, -0.25) is 14.2 Å². The maximum atomic E-state index is 13.7. The van der Waals surface area contributed by atoms with Crippen LogP contribution in [0.2, 0.25) is 0 Å². The van der Waals surface area contributed by atoms with Gasteiger partial charge in [-0.15, -0.1) is 0 Å². The third-order valence-electron chi connectivity index (χ3n) is 5.67. The fraction of sp³-hybridized carbons (Fsp3) is 0.259. The van der Waals surface area contributed by atoms with E-state index in [4.69, 9.17) is 18.9 Å². The van der Waals surface area contributed by atoms with Gasteiger partial charge in [0.2, 0.25) is 0 Å². The van der Waals surface area contributed by atoms with Crippen LogP contribution in [0.15, 0.2) is 63.5 Å². The van der Waals surface area contributed by atoms with Crippen molar-refractivity contribution in [3.8, 4) is 17.2 Å². The lowest BCUT2D eigenvalue weighted by Crippen LogP contribution is -2.40. The highest BCUT2D eigenvalue weighted by Gasteiger charge is 2.34. The number of allylic oxidation sites excluding steroid dienone is 1. The zero-order valence-corrected chi connectivity index (χ0v) is 21.9. The normalized spacial score (nSPS) is 15.1. The van der Waals surface area contributed by atoms with Gasteiger partial charge in [0.1, 0.15) is 5.75 Å². The van der Waals surface area contributed by atoms with Gasteiger partial charge in [0.25, 0.3) is 5.56 Å². The van der Waals surface area contributed by atoms with Crippen molar-refractivity contribution in [2.75, 3.05) is 20.8 Å². The number of ether oxygens (including phenoxy) is 4. The van der Waals surface area contributed by atoms with Gasteiger partial charge >= 0.3 is 11.9 Å². The van der Waals surface area contributed by atoms with E-state index in [9.17, 15) is 14.4 Å². The smallest absolute Gasteiger partial charge is 0.338 e. The predicted molar refractivity (Wildman–Crippen MR) is 138 cm³/mol. The van der Waals surface area contributed by atoms with Gasteiger partial charge in [-0.1, -0.05) is 29.5 Å². The summed E-state index contributed by atoms with van der Waals surface area (Å²) in [5.41, 5.74) is 1.73. The van der Waals surface area contributed by atoms with Crippen LogP contribution in [-0.4, -0.2) is 37.3 Å². The summed E-state index contributed by atoms with van der Waals surface area (Å²) in [5, 5.41) is 0. The van der Waals surface area contributed by atoms with Crippen molar-refractivity contribution in [3.05, 3.63) is 84.5 Å². The molecule has 1 unspecified atom stereocenters. The molecule has 9 nitrogen and oxygen atoms in total. The molecule has 0 saturated carbocycles. The minimum atomic E-state index is -0.831. The highest BCUT2D eigenvalue weighted by molar-refractivity contribution is 7.07. The molecule has 0 fully saturated rings. The molecule has 0 saturated heterocycles. The maximum Gasteiger partial charge on any atom is 0.338 e. The fourth-order valence-corrected chi connectivity index (χ4v) is 5.13. The highest BCUT2D eigenvalue weighted by atomic mass is 32.1. The molecule has 0 amide bonds. The van der Waals surface area contributed by atoms with Gasteiger partial charge in [0.15, 0.2) is 16.3 Å². The van der Waals surface area contributed by atoms with E-state index < -0.39 is 18.0 Å². The van der Waals surface area contributed by atoms with Crippen molar-refractivity contribution in [2.45, 2.75) is 26.8 Å². The second kappa shape index (κ2) is 10.8. The average molecular weight is 523 g/mol. The Morgan fingerprint density at radius 1 is 1.11 bits per heavy atom. The van der Waals surface area contributed by atoms with E-state index in [-0.39, 0.29) is 29.2 Å². The molecule has 2 heterocycles. The molecule has 1 aliphatic rings. The Balaban J connectivity index is 1.94. The highest BCUT2D eigenvalue weighted by Crippen LogP contribution is 2.36. The Bertz CT molecular complexity index is 1580. The molecule has 1 aromatic heterocycles. The molecule has 3 aromatic rings. The zero-order valence-electron chi connectivity index (χ0n) is 21.1. The van der Waals surface area contributed by atoms with Crippen LogP contribution in [-0.2, 0) is 14.3 Å². The van der Waals surface area contributed by atoms with Crippen LogP contribution in [0.1, 0.15) is 37.9 Å². The minimum absolute atomic E-state index is 0.164. The van der Waals surface area contributed by atoms with E-state index in [1.165, 1.54) is 29.9 Å². The molecule has 0 radical (unpaired) electrons. The third kappa shape index (κ3) is 5.19. The molecule has 2 aromatic carbocycles. The Morgan fingerprint density at radius 2 is 1.89 bits per heavy atom. The Kier molecular flexibility index (Phi) is 7.58. The van der Waals surface area contributed by atoms with Crippen molar-refractivity contribution in [3.63, 3.8) is 0 Å². The Hall–Kier alpha value is -4.18. The first-order chi connectivity index (χ1) is 17.8. The lowest BCUT2D eigenvalue weighted by Gasteiger charge is -2.25. The molecule has 0 N–H and O–H groups in total. The number of rotatable bonds is 7. The molecule has 37 heavy (non-hydrogen) atoms. The second-order valence-electron chi connectivity index (χ2n) is 8.08. The Labute approximate surface area is 216 Å². The van der Waals surface area contributed by atoms with Crippen molar-refractivity contribution in [1.29, 1.82) is 0 Å². The zero-order chi connectivity index (χ0) is 26.7. The van der Waals surface area contributed by atoms with E-state index in [0.717, 1.165) is 5.56 Å². The van der Waals surface area contributed by atoms with Crippen LogP contribution in [0.3, 0.4) is 0 Å². The lowest BCUT2D eigenvalue weighted by molar-refractivity contribution is -0.139. The van der Waals surface area contributed by atoms with Gasteiger partial charge in [0.05, 0.1) is 42.7 Å². The van der Waals surface area contributed by atoms with E-state index in [1.807, 2.05) is 24.3 Å². The number of carbonyl (C=O) groups is 2. The predicted octanol–water partition coefficient (Wildman–Crippen LogP) is 2.74. The summed E-state index contributed by atoms with van der Waals surface area (Å²) in [4.78, 5) is 43.3. The van der Waals surface area contributed by atoms with Crippen LogP contribution in [0, 0.1) is 0 Å². The summed E-state index contributed by atoms with van der Waals surface area (Å²) in [5.74, 6) is 0.102. The molecule has 4 rings (SSSR count). The monoisotopic (exact) mass is 522 g/mol. The fourth-order valence-electron chi connectivity index (χ4n) is 4.08. The van der Waals surface area contributed by atoms with Crippen LogP contribution >= 0.6 is 11.3 Å². The molecule has 1 aliphatic heterocycles. The van der Waals surface area contributed by atoms with Gasteiger partial charge < -0.3 is 18.9 Å².